The van der Waals surface area contributed by atoms with Crippen LogP contribution >= 0.6 is 11.3 Å². The van der Waals surface area contributed by atoms with Crippen molar-refractivity contribution < 1.29 is 0 Å². The molecule has 0 aliphatic carbocycles. The smallest absolute Gasteiger partial charge is 0.0755 e. The van der Waals surface area contributed by atoms with E-state index in [9.17, 15) is 0 Å². The molecule has 104 valence electrons. The molecule has 0 radical (unpaired) electrons. The molecule has 0 bridgehead atoms. The minimum atomic E-state index is 0.703. The summed E-state index contributed by atoms with van der Waals surface area (Å²) in [6, 6.07) is 6.56. The number of hydrogen-bond donors (Lipinski definition) is 1. The lowest BCUT2D eigenvalue weighted by Gasteiger charge is -2.05. The van der Waals surface area contributed by atoms with Crippen LogP contribution in [0.5, 0.6) is 0 Å². The molecule has 3 nitrogen and oxygen atoms in total. The molecule has 0 spiro atoms. The fourth-order valence-corrected chi connectivity index (χ4v) is 3.04. The summed E-state index contributed by atoms with van der Waals surface area (Å²) in [6.07, 6.45) is 0. The summed E-state index contributed by atoms with van der Waals surface area (Å²) in [5, 5.41) is 7.99. The van der Waals surface area contributed by atoms with Gasteiger partial charge in [0, 0.05) is 22.0 Å². The Labute approximate surface area is 119 Å². The lowest BCUT2D eigenvalue weighted by Crippen LogP contribution is -2.18. The van der Waals surface area contributed by atoms with Crippen LogP contribution in [0.1, 0.15) is 35.0 Å². The lowest BCUT2D eigenvalue weighted by atomic mass is 10.2. The third-order valence-electron chi connectivity index (χ3n) is 2.98. The van der Waals surface area contributed by atoms with Gasteiger partial charge in [-0.3, -0.25) is 4.68 Å². The first-order valence-electron chi connectivity index (χ1n) is 6.84. The molecule has 0 amide bonds. The van der Waals surface area contributed by atoms with Crippen LogP contribution in [-0.4, -0.2) is 16.3 Å². The van der Waals surface area contributed by atoms with Crippen molar-refractivity contribution in [2.75, 3.05) is 6.54 Å². The van der Waals surface area contributed by atoms with Crippen LogP contribution in [0.3, 0.4) is 0 Å². The summed E-state index contributed by atoms with van der Waals surface area (Å²) in [5.74, 6) is 0.703. The molecule has 0 saturated heterocycles. The van der Waals surface area contributed by atoms with Crippen molar-refractivity contribution in [3.8, 4) is 0 Å². The number of nitrogens with one attached hydrogen (secondary N) is 1. The molecule has 2 heterocycles. The van der Waals surface area contributed by atoms with Gasteiger partial charge in [0.15, 0.2) is 0 Å². The maximum absolute atomic E-state index is 4.51. The highest BCUT2D eigenvalue weighted by molar-refractivity contribution is 7.11. The highest BCUT2D eigenvalue weighted by atomic mass is 32.1. The largest absolute Gasteiger partial charge is 0.312 e. The highest BCUT2D eigenvalue weighted by Crippen LogP contribution is 2.18. The molecule has 0 unspecified atom stereocenters. The van der Waals surface area contributed by atoms with Gasteiger partial charge in [0.05, 0.1) is 12.2 Å². The molecule has 0 atom stereocenters. The van der Waals surface area contributed by atoms with E-state index in [-0.39, 0.29) is 0 Å². The molecule has 2 rings (SSSR count). The second kappa shape index (κ2) is 6.35. The number of aryl methyl sites for hydroxylation is 2. The number of nitrogens with zero attached hydrogens (tertiary/aromatic N) is 2. The van der Waals surface area contributed by atoms with Gasteiger partial charge in [0.1, 0.15) is 0 Å². The third kappa shape index (κ3) is 4.18. The topological polar surface area (TPSA) is 29.9 Å². The van der Waals surface area contributed by atoms with Crippen molar-refractivity contribution in [2.45, 2.75) is 40.8 Å². The van der Waals surface area contributed by atoms with Gasteiger partial charge in [-0.05, 0) is 44.5 Å². The first-order valence-corrected chi connectivity index (χ1v) is 7.65. The van der Waals surface area contributed by atoms with E-state index in [4.69, 9.17) is 0 Å². The summed E-state index contributed by atoms with van der Waals surface area (Å²) >= 11 is 1.87. The van der Waals surface area contributed by atoms with Gasteiger partial charge in [-0.15, -0.1) is 11.3 Å². The Morgan fingerprint density at radius 2 is 2.00 bits per heavy atom. The maximum atomic E-state index is 4.51. The van der Waals surface area contributed by atoms with Crippen LogP contribution in [0.2, 0.25) is 0 Å². The van der Waals surface area contributed by atoms with Gasteiger partial charge < -0.3 is 5.32 Å². The van der Waals surface area contributed by atoms with Gasteiger partial charge in [0.2, 0.25) is 0 Å². The Hall–Kier alpha value is -1.13. The molecule has 0 aromatic carbocycles. The van der Waals surface area contributed by atoms with Gasteiger partial charge in [-0.1, -0.05) is 13.8 Å². The van der Waals surface area contributed by atoms with E-state index < -0.39 is 0 Å². The fourth-order valence-electron chi connectivity index (χ4n) is 2.07. The Kier molecular flexibility index (Phi) is 4.77. The molecule has 0 saturated carbocycles. The molecule has 4 heteroatoms. The Balaban J connectivity index is 1.92. The zero-order chi connectivity index (χ0) is 13.8. The van der Waals surface area contributed by atoms with E-state index in [0.717, 1.165) is 25.3 Å². The predicted molar refractivity (Wildman–Crippen MR) is 81.7 cm³/mol. The SMILES string of the molecule is Cc1cc(C)n(Cc2ccc(CNCC(C)C)s2)n1. The number of rotatable bonds is 6. The zero-order valence-electron chi connectivity index (χ0n) is 12.2. The summed E-state index contributed by atoms with van der Waals surface area (Å²) in [4.78, 5) is 2.77. The second-order valence-corrected chi connectivity index (χ2v) is 6.73. The van der Waals surface area contributed by atoms with E-state index in [1.807, 2.05) is 18.3 Å². The number of aromatic nitrogens is 2. The van der Waals surface area contributed by atoms with Crippen molar-refractivity contribution >= 4 is 11.3 Å². The molecule has 19 heavy (non-hydrogen) atoms. The predicted octanol–water partition coefficient (Wildman–Crippen LogP) is 3.36. The lowest BCUT2D eigenvalue weighted by molar-refractivity contribution is 0.555. The molecule has 0 aliphatic heterocycles. The van der Waals surface area contributed by atoms with E-state index in [1.165, 1.54) is 15.4 Å². The quantitative estimate of drug-likeness (QED) is 0.877. The Bertz CT molecular complexity index is 525. The number of hydrogen-bond acceptors (Lipinski definition) is 3. The Morgan fingerprint density at radius 3 is 2.63 bits per heavy atom. The van der Waals surface area contributed by atoms with Crippen molar-refractivity contribution in [3.63, 3.8) is 0 Å². The van der Waals surface area contributed by atoms with Crippen molar-refractivity contribution in [2.24, 2.45) is 5.92 Å². The molecule has 0 aliphatic rings. The molecular formula is C15H23N3S. The summed E-state index contributed by atoms with van der Waals surface area (Å²) in [6.45, 7) is 11.5. The molecule has 0 fully saturated rings. The maximum Gasteiger partial charge on any atom is 0.0755 e. The van der Waals surface area contributed by atoms with Gasteiger partial charge in [0.25, 0.3) is 0 Å². The average Bonchev–Trinajstić information content (AvgIpc) is 2.87. The standard InChI is InChI=1S/C15H23N3S/c1-11(2)8-16-9-14-5-6-15(19-14)10-18-13(4)7-12(3)17-18/h5-7,11,16H,8-10H2,1-4H3. The zero-order valence-corrected chi connectivity index (χ0v) is 13.0. The van der Waals surface area contributed by atoms with Crippen LogP contribution in [0.15, 0.2) is 18.2 Å². The minimum Gasteiger partial charge on any atom is -0.312 e. The van der Waals surface area contributed by atoms with E-state index >= 15 is 0 Å². The first kappa shape index (κ1) is 14.3. The van der Waals surface area contributed by atoms with Crippen molar-refractivity contribution in [1.82, 2.24) is 15.1 Å². The fraction of sp³-hybridized carbons (Fsp3) is 0.533. The van der Waals surface area contributed by atoms with Crippen LogP contribution in [-0.2, 0) is 13.1 Å². The van der Waals surface area contributed by atoms with Crippen LogP contribution in [0, 0.1) is 19.8 Å². The van der Waals surface area contributed by atoms with E-state index in [2.05, 4.69) is 54.1 Å². The van der Waals surface area contributed by atoms with Crippen LogP contribution in [0.25, 0.3) is 0 Å². The monoisotopic (exact) mass is 277 g/mol. The molecule has 2 aromatic heterocycles. The van der Waals surface area contributed by atoms with Crippen molar-refractivity contribution in [3.05, 3.63) is 39.3 Å². The van der Waals surface area contributed by atoms with Crippen LogP contribution < -0.4 is 5.32 Å². The number of thiophene rings is 1. The van der Waals surface area contributed by atoms with Gasteiger partial charge >= 0.3 is 0 Å². The molecule has 1 N–H and O–H groups in total. The molecular weight excluding hydrogens is 254 g/mol. The molecule has 2 aromatic rings. The van der Waals surface area contributed by atoms with E-state index in [0.29, 0.717) is 5.92 Å². The highest BCUT2D eigenvalue weighted by Gasteiger charge is 2.05. The van der Waals surface area contributed by atoms with Crippen LogP contribution in [0.4, 0.5) is 0 Å². The first-order chi connectivity index (χ1) is 9.04. The van der Waals surface area contributed by atoms with Gasteiger partial charge in [-0.2, -0.15) is 5.10 Å². The summed E-state index contributed by atoms with van der Waals surface area (Å²) < 4.78 is 2.08. The summed E-state index contributed by atoms with van der Waals surface area (Å²) in [7, 11) is 0. The third-order valence-corrected chi connectivity index (χ3v) is 4.05. The Morgan fingerprint density at radius 1 is 1.26 bits per heavy atom. The van der Waals surface area contributed by atoms with E-state index in [1.54, 1.807) is 0 Å². The minimum absolute atomic E-state index is 0.703. The average molecular weight is 277 g/mol. The summed E-state index contributed by atoms with van der Waals surface area (Å²) in [5.41, 5.74) is 2.32. The normalized spacial score (nSPS) is 11.4. The van der Waals surface area contributed by atoms with Crippen molar-refractivity contribution in [1.29, 1.82) is 0 Å². The second-order valence-electron chi connectivity index (χ2n) is 5.48. The van der Waals surface area contributed by atoms with Gasteiger partial charge in [-0.25, -0.2) is 0 Å².